The smallest absolute Gasteiger partial charge is 0.310 e. The van der Waals surface area contributed by atoms with Gasteiger partial charge in [0.2, 0.25) is 0 Å². The molecule has 1 amide bonds. The van der Waals surface area contributed by atoms with Crippen LogP contribution in [-0.2, 0) is 20.7 Å². The van der Waals surface area contributed by atoms with Crippen molar-refractivity contribution in [2.75, 3.05) is 11.9 Å². The Bertz CT molecular complexity index is 760. The fourth-order valence-electron chi connectivity index (χ4n) is 1.97. The highest BCUT2D eigenvalue weighted by atomic mass is 35.5. The van der Waals surface area contributed by atoms with Gasteiger partial charge in [-0.2, -0.15) is 0 Å². The zero-order valence-corrected chi connectivity index (χ0v) is 14.2. The number of nitrogens with one attached hydrogen (secondary N) is 1. The Morgan fingerprint density at radius 2 is 1.79 bits per heavy atom. The van der Waals surface area contributed by atoms with E-state index >= 15 is 0 Å². The number of carbonyl (C=O) groups is 2. The van der Waals surface area contributed by atoms with E-state index < -0.39 is 24.3 Å². The maximum Gasteiger partial charge on any atom is 0.310 e. The van der Waals surface area contributed by atoms with Crippen LogP contribution in [0.25, 0.3) is 0 Å². The van der Waals surface area contributed by atoms with Crippen molar-refractivity contribution in [2.45, 2.75) is 13.3 Å². The highest BCUT2D eigenvalue weighted by molar-refractivity contribution is 6.32. The van der Waals surface area contributed by atoms with E-state index in [2.05, 4.69) is 5.32 Å². The van der Waals surface area contributed by atoms with Crippen LogP contribution >= 0.6 is 23.2 Å². The van der Waals surface area contributed by atoms with Crippen molar-refractivity contribution in [3.8, 4) is 0 Å². The molecule has 0 aliphatic rings. The van der Waals surface area contributed by atoms with Crippen LogP contribution in [0.2, 0.25) is 10.0 Å². The fraction of sp³-hybridized carbons (Fsp3) is 0.176. The van der Waals surface area contributed by atoms with Crippen molar-refractivity contribution in [2.24, 2.45) is 0 Å². The number of esters is 1. The third kappa shape index (κ3) is 4.69. The summed E-state index contributed by atoms with van der Waals surface area (Å²) < 4.78 is 18.4. The van der Waals surface area contributed by atoms with Crippen molar-refractivity contribution in [1.82, 2.24) is 0 Å². The lowest BCUT2D eigenvalue weighted by atomic mass is 10.1. The molecular weight excluding hydrogens is 356 g/mol. The molecular formula is C17H14Cl2FNO3. The summed E-state index contributed by atoms with van der Waals surface area (Å²) >= 11 is 11.8. The van der Waals surface area contributed by atoms with E-state index in [1.807, 2.05) is 0 Å². The minimum Gasteiger partial charge on any atom is -0.455 e. The molecule has 0 saturated heterocycles. The lowest BCUT2D eigenvalue weighted by molar-refractivity contribution is -0.146. The Morgan fingerprint density at radius 1 is 1.12 bits per heavy atom. The van der Waals surface area contributed by atoms with Crippen molar-refractivity contribution in [1.29, 1.82) is 0 Å². The second-order valence-corrected chi connectivity index (χ2v) is 5.81. The molecule has 126 valence electrons. The molecule has 2 aromatic carbocycles. The van der Waals surface area contributed by atoms with Crippen molar-refractivity contribution >= 4 is 40.8 Å². The largest absolute Gasteiger partial charge is 0.455 e. The molecule has 0 spiro atoms. The summed E-state index contributed by atoms with van der Waals surface area (Å²) in [7, 11) is 0. The summed E-state index contributed by atoms with van der Waals surface area (Å²) in [6.45, 7) is 1.26. The standard InChI is InChI=1S/C17H14Cl2FNO3/c1-10-12(18)4-3-7-15(10)21-16(22)9-24-17(23)8-11-13(19)5-2-6-14(11)20/h2-7H,8-9H2,1H3,(H,21,22). The molecule has 0 saturated carbocycles. The van der Waals surface area contributed by atoms with Gasteiger partial charge in [0, 0.05) is 21.3 Å². The first-order valence-corrected chi connectivity index (χ1v) is 7.77. The molecule has 2 aromatic rings. The van der Waals surface area contributed by atoms with Crippen LogP contribution in [0.15, 0.2) is 36.4 Å². The van der Waals surface area contributed by atoms with Gasteiger partial charge in [-0.05, 0) is 36.8 Å². The molecule has 0 unspecified atom stereocenters. The normalized spacial score (nSPS) is 10.3. The van der Waals surface area contributed by atoms with Crippen molar-refractivity contribution in [3.63, 3.8) is 0 Å². The van der Waals surface area contributed by atoms with Crippen LogP contribution in [0.4, 0.5) is 10.1 Å². The Kier molecular flexibility index (Phi) is 6.17. The molecule has 0 aromatic heterocycles. The number of amides is 1. The Balaban J connectivity index is 1.90. The van der Waals surface area contributed by atoms with Gasteiger partial charge in [-0.25, -0.2) is 4.39 Å². The second kappa shape index (κ2) is 8.13. The maximum absolute atomic E-state index is 13.6. The molecule has 4 nitrogen and oxygen atoms in total. The maximum atomic E-state index is 13.6. The Hall–Kier alpha value is -2.11. The molecule has 0 fully saturated rings. The molecule has 0 aliphatic heterocycles. The van der Waals surface area contributed by atoms with E-state index in [9.17, 15) is 14.0 Å². The Labute approximate surface area is 148 Å². The summed E-state index contributed by atoms with van der Waals surface area (Å²) in [4.78, 5) is 23.6. The lowest BCUT2D eigenvalue weighted by Crippen LogP contribution is -2.22. The number of ether oxygens (including phenoxy) is 1. The van der Waals surface area contributed by atoms with Crippen LogP contribution in [0.1, 0.15) is 11.1 Å². The summed E-state index contributed by atoms with van der Waals surface area (Å²) in [5.74, 6) is -1.87. The minimum atomic E-state index is -0.750. The third-order valence-electron chi connectivity index (χ3n) is 3.29. The monoisotopic (exact) mass is 369 g/mol. The molecule has 24 heavy (non-hydrogen) atoms. The predicted octanol–water partition coefficient (Wildman–Crippen LogP) is 4.17. The highest BCUT2D eigenvalue weighted by Gasteiger charge is 2.15. The molecule has 7 heteroatoms. The Morgan fingerprint density at radius 3 is 2.50 bits per heavy atom. The van der Waals surface area contributed by atoms with Crippen molar-refractivity contribution in [3.05, 3.63) is 63.4 Å². The minimum absolute atomic E-state index is 0.0373. The molecule has 0 heterocycles. The van der Waals surface area contributed by atoms with Gasteiger partial charge in [-0.15, -0.1) is 0 Å². The third-order valence-corrected chi connectivity index (χ3v) is 4.05. The summed E-state index contributed by atoms with van der Waals surface area (Å²) in [5.41, 5.74) is 1.27. The number of benzene rings is 2. The number of anilines is 1. The summed E-state index contributed by atoms with van der Waals surface area (Å²) in [6, 6.07) is 9.18. The van der Waals surface area contributed by atoms with Gasteiger partial charge in [-0.1, -0.05) is 35.3 Å². The van der Waals surface area contributed by atoms with Gasteiger partial charge in [0.1, 0.15) is 5.82 Å². The first-order chi connectivity index (χ1) is 11.4. The van der Waals surface area contributed by atoms with Crippen LogP contribution in [-0.4, -0.2) is 18.5 Å². The van der Waals surface area contributed by atoms with Gasteiger partial charge in [0.15, 0.2) is 6.61 Å². The topological polar surface area (TPSA) is 55.4 Å². The van der Waals surface area contributed by atoms with Gasteiger partial charge in [0.05, 0.1) is 6.42 Å². The average Bonchev–Trinajstić information content (AvgIpc) is 2.53. The van der Waals surface area contributed by atoms with Gasteiger partial charge >= 0.3 is 5.97 Å². The number of hydrogen-bond donors (Lipinski definition) is 1. The molecule has 0 aliphatic carbocycles. The molecule has 1 N–H and O–H groups in total. The number of rotatable bonds is 5. The number of hydrogen-bond acceptors (Lipinski definition) is 3. The van der Waals surface area contributed by atoms with E-state index in [4.69, 9.17) is 27.9 Å². The van der Waals surface area contributed by atoms with Gasteiger partial charge in [-0.3, -0.25) is 9.59 Å². The van der Waals surface area contributed by atoms with Gasteiger partial charge in [0.25, 0.3) is 5.91 Å². The molecule has 2 rings (SSSR count). The number of halogens is 3. The average molecular weight is 370 g/mol. The van der Waals surface area contributed by atoms with E-state index in [1.54, 1.807) is 25.1 Å². The fourth-order valence-corrected chi connectivity index (χ4v) is 2.38. The van der Waals surface area contributed by atoms with E-state index in [1.165, 1.54) is 18.2 Å². The van der Waals surface area contributed by atoms with Crippen LogP contribution < -0.4 is 5.32 Å². The van der Waals surface area contributed by atoms with Crippen LogP contribution in [0, 0.1) is 12.7 Å². The van der Waals surface area contributed by atoms with E-state index in [0.29, 0.717) is 16.3 Å². The zero-order chi connectivity index (χ0) is 17.7. The summed E-state index contributed by atoms with van der Waals surface area (Å²) in [6.07, 6.45) is -0.352. The summed E-state index contributed by atoms with van der Waals surface area (Å²) in [5, 5.41) is 3.24. The second-order valence-electron chi connectivity index (χ2n) is 5.00. The quantitative estimate of drug-likeness (QED) is 0.804. The molecule has 0 atom stereocenters. The van der Waals surface area contributed by atoms with E-state index in [0.717, 1.165) is 0 Å². The van der Waals surface area contributed by atoms with Gasteiger partial charge < -0.3 is 10.1 Å². The zero-order valence-electron chi connectivity index (χ0n) is 12.7. The number of carbonyl (C=O) groups excluding carboxylic acids is 2. The molecule has 0 bridgehead atoms. The highest BCUT2D eigenvalue weighted by Crippen LogP contribution is 2.23. The van der Waals surface area contributed by atoms with Crippen LogP contribution in [0.3, 0.4) is 0 Å². The predicted molar refractivity (Wildman–Crippen MR) is 90.9 cm³/mol. The first-order valence-electron chi connectivity index (χ1n) is 7.02. The van der Waals surface area contributed by atoms with Crippen molar-refractivity contribution < 1.29 is 18.7 Å². The first kappa shape index (κ1) is 18.2. The SMILES string of the molecule is Cc1c(Cl)cccc1NC(=O)COC(=O)Cc1c(F)cccc1Cl. The lowest BCUT2D eigenvalue weighted by Gasteiger charge is -2.10. The van der Waals surface area contributed by atoms with E-state index in [-0.39, 0.29) is 17.0 Å². The van der Waals surface area contributed by atoms with Crippen LogP contribution in [0.5, 0.6) is 0 Å². The molecule has 0 radical (unpaired) electrons.